The molecule has 0 aliphatic carbocycles. The highest BCUT2D eigenvalue weighted by Gasteiger charge is 2.34. The number of hydrogen-bond acceptors (Lipinski definition) is 2. The van der Waals surface area contributed by atoms with E-state index in [4.69, 9.17) is 4.74 Å². The van der Waals surface area contributed by atoms with Crippen LogP contribution in [-0.4, -0.2) is 43.6 Å². The van der Waals surface area contributed by atoms with Crippen LogP contribution in [-0.2, 0) is 0 Å². The third-order valence-corrected chi connectivity index (χ3v) is 3.90. The van der Waals surface area contributed by atoms with Gasteiger partial charge in [0.1, 0.15) is 5.75 Å². The van der Waals surface area contributed by atoms with Gasteiger partial charge in [-0.15, -0.1) is 0 Å². The van der Waals surface area contributed by atoms with Crippen molar-refractivity contribution in [3.05, 3.63) is 28.8 Å². The number of methoxy groups -OCH3 is 1. The van der Waals surface area contributed by atoms with E-state index in [9.17, 15) is 4.79 Å². The fraction of sp³-hybridized carbons (Fsp3) is 0.500. The van der Waals surface area contributed by atoms with E-state index in [1.165, 1.54) is 11.1 Å². The Kier molecular flexibility index (Phi) is 3.20. The van der Waals surface area contributed by atoms with Crippen LogP contribution in [0, 0.1) is 13.8 Å². The first-order chi connectivity index (χ1) is 8.47. The zero-order valence-electron chi connectivity index (χ0n) is 11.7. The van der Waals surface area contributed by atoms with Gasteiger partial charge in [0.2, 0.25) is 0 Å². The van der Waals surface area contributed by atoms with Gasteiger partial charge in [0.15, 0.2) is 0 Å². The quantitative estimate of drug-likeness (QED) is 0.805. The van der Waals surface area contributed by atoms with Gasteiger partial charge in [-0.1, -0.05) is 6.07 Å². The zero-order valence-corrected chi connectivity index (χ0v) is 11.7. The highest BCUT2D eigenvalue weighted by molar-refractivity contribution is 5.77. The van der Waals surface area contributed by atoms with E-state index in [-0.39, 0.29) is 12.1 Å². The Morgan fingerprint density at radius 1 is 1.22 bits per heavy atom. The summed E-state index contributed by atoms with van der Waals surface area (Å²) in [5.74, 6) is 0.900. The van der Waals surface area contributed by atoms with Crippen LogP contribution in [0.5, 0.6) is 5.75 Å². The second-order valence-corrected chi connectivity index (χ2v) is 4.90. The molecule has 1 aliphatic heterocycles. The molecule has 1 atom stereocenters. The van der Waals surface area contributed by atoms with Gasteiger partial charge >= 0.3 is 6.03 Å². The van der Waals surface area contributed by atoms with Crippen LogP contribution in [0.1, 0.15) is 22.7 Å². The van der Waals surface area contributed by atoms with E-state index in [1.54, 1.807) is 16.9 Å². The molecule has 1 aromatic rings. The molecule has 1 unspecified atom stereocenters. The summed E-state index contributed by atoms with van der Waals surface area (Å²) in [4.78, 5) is 15.4. The molecule has 4 nitrogen and oxygen atoms in total. The molecular formula is C14H20N2O2. The summed E-state index contributed by atoms with van der Waals surface area (Å²) in [7, 11) is 5.38. The fourth-order valence-electron chi connectivity index (χ4n) is 2.57. The average Bonchev–Trinajstić information content (AvgIpc) is 2.60. The molecule has 1 saturated heterocycles. The largest absolute Gasteiger partial charge is 0.496 e. The fourth-order valence-corrected chi connectivity index (χ4v) is 2.57. The van der Waals surface area contributed by atoms with Crippen LogP contribution in [0.2, 0.25) is 0 Å². The molecule has 1 aromatic carbocycles. The Labute approximate surface area is 108 Å². The maximum absolute atomic E-state index is 11.8. The number of carbonyl (C=O) groups is 1. The number of urea groups is 1. The molecule has 0 saturated carbocycles. The predicted molar refractivity (Wildman–Crippen MR) is 71.0 cm³/mol. The van der Waals surface area contributed by atoms with Gasteiger partial charge in [-0.3, -0.25) is 0 Å². The number of benzene rings is 1. The first-order valence-electron chi connectivity index (χ1n) is 6.09. The number of ether oxygens (including phenoxy) is 1. The Hall–Kier alpha value is -1.71. The standard InChI is InChI=1S/C14H20N2O2/c1-9-10(2)13(18-5)7-6-11(9)12-8-15(3)14(17)16(12)4/h6-7,12H,8H2,1-5H3. The minimum absolute atomic E-state index is 0.0767. The predicted octanol–water partition coefficient (Wildman–Crippen LogP) is 2.35. The van der Waals surface area contributed by atoms with Gasteiger partial charge in [-0.25, -0.2) is 4.79 Å². The molecule has 0 spiro atoms. The molecule has 0 N–H and O–H groups in total. The first-order valence-corrected chi connectivity index (χ1v) is 6.09. The molecule has 1 aliphatic rings. The van der Waals surface area contributed by atoms with Gasteiger partial charge < -0.3 is 14.5 Å². The number of nitrogens with zero attached hydrogens (tertiary/aromatic N) is 2. The van der Waals surface area contributed by atoms with E-state index in [0.29, 0.717) is 0 Å². The Balaban J connectivity index is 2.41. The zero-order chi connectivity index (χ0) is 13.4. The van der Waals surface area contributed by atoms with Crippen molar-refractivity contribution < 1.29 is 9.53 Å². The van der Waals surface area contributed by atoms with Crippen LogP contribution in [0.25, 0.3) is 0 Å². The lowest BCUT2D eigenvalue weighted by Gasteiger charge is -2.22. The van der Waals surface area contributed by atoms with Gasteiger partial charge in [-0.05, 0) is 36.6 Å². The topological polar surface area (TPSA) is 32.8 Å². The lowest BCUT2D eigenvalue weighted by Crippen LogP contribution is -2.26. The van der Waals surface area contributed by atoms with Crippen molar-refractivity contribution in [1.29, 1.82) is 0 Å². The van der Waals surface area contributed by atoms with Crippen molar-refractivity contribution in [2.75, 3.05) is 27.7 Å². The Bertz CT molecular complexity index is 485. The van der Waals surface area contributed by atoms with Gasteiger partial charge in [0.05, 0.1) is 13.2 Å². The summed E-state index contributed by atoms with van der Waals surface area (Å²) in [6.45, 7) is 4.88. The van der Waals surface area contributed by atoms with Crippen LogP contribution in [0.15, 0.2) is 12.1 Å². The molecule has 4 heteroatoms. The lowest BCUT2D eigenvalue weighted by molar-refractivity contribution is 0.201. The average molecular weight is 248 g/mol. The van der Waals surface area contributed by atoms with E-state index in [0.717, 1.165) is 17.9 Å². The monoisotopic (exact) mass is 248 g/mol. The number of amides is 2. The van der Waals surface area contributed by atoms with Crippen molar-refractivity contribution >= 4 is 6.03 Å². The molecule has 0 bridgehead atoms. The summed E-state index contributed by atoms with van der Waals surface area (Å²) < 4.78 is 5.32. The minimum atomic E-state index is 0.0767. The normalized spacial score (nSPS) is 19.6. The van der Waals surface area contributed by atoms with Crippen molar-refractivity contribution in [2.24, 2.45) is 0 Å². The van der Waals surface area contributed by atoms with Gasteiger partial charge in [0.25, 0.3) is 0 Å². The molecule has 98 valence electrons. The van der Waals surface area contributed by atoms with Crippen molar-refractivity contribution in [1.82, 2.24) is 9.80 Å². The van der Waals surface area contributed by atoms with Crippen molar-refractivity contribution in [3.63, 3.8) is 0 Å². The van der Waals surface area contributed by atoms with Crippen LogP contribution in [0.4, 0.5) is 4.79 Å². The summed E-state index contributed by atoms with van der Waals surface area (Å²) in [5, 5.41) is 0. The molecule has 1 heterocycles. The smallest absolute Gasteiger partial charge is 0.320 e. The molecule has 0 radical (unpaired) electrons. The summed E-state index contributed by atoms with van der Waals surface area (Å²) >= 11 is 0. The third-order valence-electron chi connectivity index (χ3n) is 3.90. The summed E-state index contributed by atoms with van der Waals surface area (Å²) in [6, 6.07) is 4.25. The van der Waals surface area contributed by atoms with Gasteiger partial charge in [0, 0.05) is 20.6 Å². The van der Waals surface area contributed by atoms with Gasteiger partial charge in [-0.2, -0.15) is 0 Å². The lowest BCUT2D eigenvalue weighted by atomic mass is 9.96. The second-order valence-electron chi connectivity index (χ2n) is 4.90. The number of likely N-dealkylation sites (N-methyl/N-ethyl adjacent to an activating group) is 2. The molecular weight excluding hydrogens is 228 g/mol. The van der Waals surface area contributed by atoms with E-state index in [2.05, 4.69) is 19.9 Å². The highest BCUT2D eigenvalue weighted by Crippen LogP contribution is 2.33. The SMILES string of the molecule is COc1ccc(C2CN(C)C(=O)N2C)c(C)c1C. The Morgan fingerprint density at radius 3 is 2.39 bits per heavy atom. The number of hydrogen-bond donors (Lipinski definition) is 0. The van der Waals surface area contributed by atoms with Crippen molar-refractivity contribution in [3.8, 4) is 5.75 Å². The number of carbonyl (C=O) groups excluding carboxylic acids is 1. The van der Waals surface area contributed by atoms with Crippen LogP contribution >= 0.6 is 0 Å². The molecule has 2 amide bonds. The third kappa shape index (κ3) is 1.82. The summed E-state index contributed by atoms with van der Waals surface area (Å²) in [5.41, 5.74) is 3.55. The molecule has 1 fully saturated rings. The maximum atomic E-state index is 11.8. The van der Waals surface area contributed by atoms with Crippen LogP contribution in [0.3, 0.4) is 0 Å². The first kappa shape index (κ1) is 12.7. The minimum Gasteiger partial charge on any atom is -0.496 e. The van der Waals surface area contributed by atoms with Crippen LogP contribution < -0.4 is 4.74 Å². The molecule has 0 aromatic heterocycles. The Morgan fingerprint density at radius 2 is 1.89 bits per heavy atom. The number of rotatable bonds is 2. The van der Waals surface area contributed by atoms with E-state index in [1.807, 2.05) is 20.2 Å². The maximum Gasteiger partial charge on any atom is 0.320 e. The van der Waals surface area contributed by atoms with Crippen molar-refractivity contribution in [2.45, 2.75) is 19.9 Å². The van der Waals surface area contributed by atoms with E-state index >= 15 is 0 Å². The highest BCUT2D eigenvalue weighted by atomic mass is 16.5. The summed E-state index contributed by atoms with van der Waals surface area (Å²) in [6.07, 6.45) is 0. The second kappa shape index (κ2) is 4.52. The molecule has 2 rings (SSSR count). The van der Waals surface area contributed by atoms with E-state index < -0.39 is 0 Å². The molecule has 18 heavy (non-hydrogen) atoms.